The summed E-state index contributed by atoms with van der Waals surface area (Å²) in [5.74, 6) is -0.891. The molecule has 4 nitrogen and oxygen atoms in total. The lowest BCUT2D eigenvalue weighted by Crippen LogP contribution is -2.16. The van der Waals surface area contributed by atoms with Gasteiger partial charge in [-0.25, -0.2) is 0 Å². The van der Waals surface area contributed by atoms with Gasteiger partial charge in [-0.2, -0.15) is 0 Å². The van der Waals surface area contributed by atoms with Crippen molar-refractivity contribution in [1.29, 1.82) is 0 Å². The van der Waals surface area contributed by atoms with Gasteiger partial charge in [-0.1, -0.05) is 0 Å². The summed E-state index contributed by atoms with van der Waals surface area (Å²) in [6.07, 6.45) is 1.45. The predicted molar refractivity (Wildman–Crippen MR) is 42.8 cm³/mol. The number of pyridine rings is 1. The van der Waals surface area contributed by atoms with Crippen LogP contribution in [0.1, 0.15) is 27.8 Å². The topological polar surface area (TPSA) is 73.1 Å². The van der Waals surface area contributed by atoms with Crippen molar-refractivity contribution in [2.75, 3.05) is 0 Å². The Kier molecular flexibility index (Phi) is 2.19. The lowest BCUT2D eigenvalue weighted by atomic mass is 10.1. The average molecular weight is 164 g/mol. The highest BCUT2D eigenvalue weighted by Gasteiger charge is 2.11. The van der Waals surface area contributed by atoms with Gasteiger partial charge in [-0.05, 0) is 12.1 Å². The molecular formula is C8H8N2O2. The molecule has 0 bridgehead atoms. The molecule has 4 heteroatoms. The van der Waals surface area contributed by atoms with E-state index in [-0.39, 0.29) is 17.0 Å². The standard InChI is InChI=1S/C8H8N2O2/c1-5(11)7-6(8(9)12)3-2-4-10-7/h2-4H,1H3,(H2,9,12). The SMILES string of the molecule is CC(=O)c1ncccc1C(N)=O. The Hall–Kier alpha value is -1.71. The second kappa shape index (κ2) is 3.13. The van der Waals surface area contributed by atoms with Crippen LogP contribution in [-0.2, 0) is 0 Å². The van der Waals surface area contributed by atoms with Crippen molar-refractivity contribution in [2.24, 2.45) is 5.73 Å². The van der Waals surface area contributed by atoms with Crippen LogP contribution in [0.15, 0.2) is 18.3 Å². The van der Waals surface area contributed by atoms with E-state index >= 15 is 0 Å². The molecule has 1 aromatic heterocycles. The molecule has 1 rings (SSSR count). The number of hydrogen-bond acceptors (Lipinski definition) is 3. The number of nitrogens with two attached hydrogens (primary N) is 1. The summed E-state index contributed by atoms with van der Waals surface area (Å²) in [6.45, 7) is 1.34. The van der Waals surface area contributed by atoms with Gasteiger partial charge >= 0.3 is 0 Å². The number of hydrogen-bond donors (Lipinski definition) is 1. The van der Waals surface area contributed by atoms with Crippen LogP contribution >= 0.6 is 0 Å². The Labute approximate surface area is 69.4 Å². The molecule has 0 saturated carbocycles. The summed E-state index contributed by atoms with van der Waals surface area (Å²) in [6, 6.07) is 3.04. The second-order valence-electron chi connectivity index (χ2n) is 2.32. The van der Waals surface area contributed by atoms with E-state index in [9.17, 15) is 9.59 Å². The summed E-state index contributed by atoms with van der Waals surface area (Å²) in [5, 5.41) is 0. The Bertz CT molecular complexity index is 301. The van der Waals surface area contributed by atoms with E-state index in [1.165, 1.54) is 19.2 Å². The molecule has 0 aliphatic carbocycles. The van der Waals surface area contributed by atoms with Gasteiger partial charge in [0.15, 0.2) is 5.78 Å². The van der Waals surface area contributed by atoms with Crippen molar-refractivity contribution in [3.05, 3.63) is 29.6 Å². The van der Waals surface area contributed by atoms with Crippen LogP contribution in [0, 0.1) is 0 Å². The molecule has 62 valence electrons. The molecule has 0 atom stereocenters. The Morgan fingerprint density at radius 1 is 1.50 bits per heavy atom. The first-order chi connectivity index (χ1) is 5.63. The number of carbonyl (C=O) groups is 2. The van der Waals surface area contributed by atoms with E-state index in [2.05, 4.69) is 4.98 Å². The zero-order valence-corrected chi connectivity index (χ0v) is 6.57. The van der Waals surface area contributed by atoms with Crippen LogP contribution < -0.4 is 5.73 Å². The van der Waals surface area contributed by atoms with Gasteiger partial charge in [-0.15, -0.1) is 0 Å². The summed E-state index contributed by atoms with van der Waals surface area (Å²) in [4.78, 5) is 25.4. The van der Waals surface area contributed by atoms with Gasteiger partial charge < -0.3 is 5.73 Å². The quantitative estimate of drug-likeness (QED) is 0.642. The molecule has 0 aromatic carbocycles. The molecule has 0 radical (unpaired) electrons. The maximum absolute atomic E-state index is 10.9. The molecule has 1 heterocycles. The maximum atomic E-state index is 10.9. The van der Waals surface area contributed by atoms with Crippen LogP contribution in [0.25, 0.3) is 0 Å². The smallest absolute Gasteiger partial charge is 0.251 e. The molecule has 1 amide bonds. The van der Waals surface area contributed by atoms with Crippen LogP contribution in [0.4, 0.5) is 0 Å². The van der Waals surface area contributed by atoms with Gasteiger partial charge in [0.2, 0.25) is 0 Å². The molecule has 0 fully saturated rings. The average Bonchev–Trinajstić information content (AvgIpc) is 2.04. The first-order valence-corrected chi connectivity index (χ1v) is 3.38. The van der Waals surface area contributed by atoms with E-state index in [0.29, 0.717) is 0 Å². The third-order valence-corrected chi connectivity index (χ3v) is 1.41. The fourth-order valence-electron chi connectivity index (χ4n) is 0.885. The number of aromatic nitrogens is 1. The Balaban J connectivity index is 3.27. The number of nitrogens with zero attached hydrogens (tertiary/aromatic N) is 1. The molecular weight excluding hydrogens is 156 g/mol. The van der Waals surface area contributed by atoms with Gasteiger partial charge in [0.1, 0.15) is 5.69 Å². The largest absolute Gasteiger partial charge is 0.366 e. The molecule has 0 aliphatic rings. The first-order valence-electron chi connectivity index (χ1n) is 3.38. The summed E-state index contributed by atoms with van der Waals surface area (Å²) < 4.78 is 0. The zero-order valence-electron chi connectivity index (χ0n) is 6.57. The minimum Gasteiger partial charge on any atom is -0.366 e. The Morgan fingerprint density at radius 3 is 2.58 bits per heavy atom. The van der Waals surface area contributed by atoms with Crippen molar-refractivity contribution < 1.29 is 9.59 Å². The zero-order chi connectivity index (χ0) is 9.14. The highest BCUT2D eigenvalue weighted by atomic mass is 16.1. The normalized spacial score (nSPS) is 9.42. The molecule has 2 N–H and O–H groups in total. The first kappa shape index (κ1) is 8.39. The summed E-state index contributed by atoms with van der Waals surface area (Å²) >= 11 is 0. The van der Waals surface area contributed by atoms with Gasteiger partial charge in [-0.3, -0.25) is 14.6 Å². The van der Waals surface area contributed by atoms with E-state index in [1.54, 1.807) is 6.07 Å². The predicted octanol–water partition coefficient (Wildman–Crippen LogP) is 0.383. The van der Waals surface area contributed by atoms with Crippen LogP contribution in [0.2, 0.25) is 0 Å². The molecule has 12 heavy (non-hydrogen) atoms. The van der Waals surface area contributed by atoms with Crippen LogP contribution in [0.5, 0.6) is 0 Å². The minimum atomic E-state index is -0.631. The number of ketones is 1. The third-order valence-electron chi connectivity index (χ3n) is 1.41. The van der Waals surface area contributed by atoms with Crippen molar-refractivity contribution in [2.45, 2.75) is 6.92 Å². The summed E-state index contributed by atoms with van der Waals surface area (Å²) in [7, 11) is 0. The van der Waals surface area contributed by atoms with Crippen molar-refractivity contribution in [3.8, 4) is 0 Å². The Morgan fingerprint density at radius 2 is 2.17 bits per heavy atom. The minimum absolute atomic E-state index is 0.130. The lowest BCUT2D eigenvalue weighted by Gasteiger charge is -1.99. The summed E-state index contributed by atoms with van der Waals surface area (Å²) in [5.41, 5.74) is 5.32. The van der Waals surface area contributed by atoms with Crippen molar-refractivity contribution >= 4 is 11.7 Å². The molecule has 0 spiro atoms. The number of rotatable bonds is 2. The fraction of sp³-hybridized carbons (Fsp3) is 0.125. The lowest BCUT2D eigenvalue weighted by molar-refractivity contribution is 0.0970. The van der Waals surface area contributed by atoms with Crippen LogP contribution in [-0.4, -0.2) is 16.7 Å². The fourth-order valence-corrected chi connectivity index (χ4v) is 0.885. The van der Waals surface area contributed by atoms with E-state index < -0.39 is 5.91 Å². The monoisotopic (exact) mass is 164 g/mol. The second-order valence-corrected chi connectivity index (χ2v) is 2.32. The van der Waals surface area contributed by atoms with Crippen LogP contribution in [0.3, 0.4) is 0 Å². The van der Waals surface area contributed by atoms with Gasteiger partial charge in [0.05, 0.1) is 5.56 Å². The highest BCUT2D eigenvalue weighted by Crippen LogP contribution is 2.04. The van der Waals surface area contributed by atoms with Gasteiger partial charge in [0.25, 0.3) is 5.91 Å². The van der Waals surface area contributed by atoms with E-state index in [0.717, 1.165) is 0 Å². The van der Waals surface area contributed by atoms with Crippen molar-refractivity contribution in [3.63, 3.8) is 0 Å². The number of Topliss-reactive ketones (excluding diaryl/α,β-unsaturated/α-hetero) is 1. The maximum Gasteiger partial charge on any atom is 0.251 e. The molecule has 0 aliphatic heterocycles. The number of carbonyl (C=O) groups excluding carboxylic acids is 2. The highest BCUT2D eigenvalue weighted by molar-refractivity contribution is 6.05. The van der Waals surface area contributed by atoms with Crippen molar-refractivity contribution in [1.82, 2.24) is 4.98 Å². The third kappa shape index (κ3) is 1.47. The molecule has 1 aromatic rings. The molecule has 0 unspecified atom stereocenters. The molecule has 0 saturated heterocycles. The van der Waals surface area contributed by atoms with E-state index in [4.69, 9.17) is 5.73 Å². The number of primary amides is 1. The number of amides is 1. The van der Waals surface area contributed by atoms with Gasteiger partial charge in [0, 0.05) is 13.1 Å². The van der Waals surface area contributed by atoms with E-state index in [1.807, 2.05) is 0 Å².